The van der Waals surface area contributed by atoms with E-state index < -0.39 is 29.5 Å². The minimum Gasteiger partial charge on any atom is -0.295 e. The molecule has 0 aliphatic heterocycles. The Bertz CT molecular complexity index is 453. The van der Waals surface area contributed by atoms with E-state index >= 15 is 0 Å². The predicted octanol–water partition coefficient (Wildman–Crippen LogP) is 4.45. The lowest BCUT2D eigenvalue weighted by Gasteiger charge is -2.15. The fourth-order valence-electron chi connectivity index (χ4n) is 1.28. The zero-order chi connectivity index (χ0) is 13.4. The maximum atomic E-state index is 12.6. The summed E-state index contributed by atoms with van der Waals surface area (Å²) < 4.78 is 62.6. The molecule has 0 N–H and O–H groups in total. The molecule has 0 saturated heterocycles. The van der Waals surface area contributed by atoms with Crippen molar-refractivity contribution in [2.24, 2.45) is 0 Å². The summed E-state index contributed by atoms with van der Waals surface area (Å²) in [6.07, 6.45) is -8.14. The molecule has 0 heterocycles. The van der Waals surface area contributed by atoms with Crippen molar-refractivity contribution < 1.29 is 26.7 Å². The van der Waals surface area contributed by atoms with Gasteiger partial charge in [-0.25, -0.2) is 8.78 Å². The SMILES string of the molecule is CC(=O)c1cc(I)c(C(F)F)c(C(F)(F)F)c1. The van der Waals surface area contributed by atoms with Gasteiger partial charge in [0.1, 0.15) is 0 Å². The number of hydrogen-bond donors (Lipinski definition) is 0. The van der Waals surface area contributed by atoms with Crippen molar-refractivity contribution in [3.63, 3.8) is 0 Å². The lowest BCUT2D eigenvalue weighted by molar-refractivity contribution is -0.139. The summed E-state index contributed by atoms with van der Waals surface area (Å²) >= 11 is 1.37. The Morgan fingerprint density at radius 2 is 1.82 bits per heavy atom. The quantitative estimate of drug-likeness (QED) is 0.431. The lowest BCUT2D eigenvalue weighted by Crippen LogP contribution is -2.13. The van der Waals surface area contributed by atoms with Gasteiger partial charge in [-0.3, -0.25) is 4.79 Å². The second-order valence-electron chi connectivity index (χ2n) is 3.27. The molecule has 0 aromatic heterocycles. The van der Waals surface area contributed by atoms with Crippen LogP contribution in [0.1, 0.15) is 34.8 Å². The van der Waals surface area contributed by atoms with E-state index in [9.17, 15) is 26.7 Å². The monoisotopic (exact) mass is 364 g/mol. The maximum Gasteiger partial charge on any atom is 0.416 e. The summed E-state index contributed by atoms with van der Waals surface area (Å²) in [4.78, 5) is 11.0. The van der Waals surface area contributed by atoms with Crippen LogP contribution in [0.25, 0.3) is 0 Å². The smallest absolute Gasteiger partial charge is 0.295 e. The van der Waals surface area contributed by atoms with Gasteiger partial charge in [-0.05, 0) is 41.6 Å². The van der Waals surface area contributed by atoms with Gasteiger partial charge < -0.3 is 0 Å². The summed E-state index contributed by atoms with van der Waals surface area (Å²) in [6, 6.07) is 1.49. The Morgan fingerprint density at radius 1 is 1.29 bits per heavy atom. The van der Waals surface area contributed by atoms with E-state index in [2.05, 4.69) is 0 Å². The molecule has 1 aromatic rings. The first-order chi connectivity index (χ1) is 7.64. The molecule has 7 heteroatoms. The Kier molecular flexibility index (Phi) is 4.11. The highest BCUT2D eigenvalue weighted by atomic mass is 127. The summed E-state index contributed by atoms with van der Waals surface area (Å²) in [6.45, 7) is 1.08. The molecule has 1 aromatic carbocycles. The third-order valence-corrected chi connectivity index (χ3v) is 2.95. The first-order valence-electron chi connectivity index (χ1n) is 4.34. The van der Waals surface area contributed by atoms with Crippen LogP contribution in [0.15, 0.2) is 12.1 Å². The molecule has 0 bridgehead atoms. The van der Waals surface area contributed by atoms with Gasteiger partial charge in [-0.15, -0.1) is 0 Å². The van der Waals surface area contributed by atoms with Gasteiger partial charge in [0.2, 0.25) is 0 Å². The molecule has 0 unspecified atom stereocenters. The van der Waals surface area contributed by atoms with E-state index in [1.54, 1.807) is 0 Å². The highest BCUT2D eigenvalue weighted by molar-refractivity contribution is 14.1. The summed E-state index contributed by atoms with van der Waals surface area (Å²) in [5, 5.41) is 0. The number of halogens is 6. The number of rotatable bonds is 2. The van der Waals surface area contributed by atoms with Crippen LogP contribution in [-0.4, -0.2) is 5.78 Å². The van der Waals surface area contributed by atoms with Crippen LogP contribution in [-0.2, 0) is 6.18 Å². The summed E-state index contributed by atoms with van der Waals surface area (Å²) in [5.41, 5.74) is -2.76. The van der Waals surface area contributed by atoms with E-state index in [0.717, 1.165) is 13.0 Å². The first kappa shape index (κ1) is 14.3. The Balaban J connectivity index is 3.57. The molecular formula is C10H6F5IO. The maximum absolute atomic E-state index is 12.6. The van der Waals surface area contributed by atoms with E-state index in [1.165, 1.54) is 22.6 Å². The number of carbonyl (C=O) groups is 1. The summed E-state index contributed by atoms with van der Waals surface area (Å²) in [7, 11) is 0. The number of alkyl halides is 5. The number of benzene rings is 1. The third kappa shape index (κ3) is 3.14. The topological polar surface area (TPSA) is 17.1 Å². The highest BCUT2D eigenvalue weighted by Gasteiger charge is 2.37. The van der Waals surface area contributed by atoms with Crippen LogP contribution in [0.5, 0.6) is 0 Å². The molecule has 1 rings (SSSR count). The Morgan fingerprint density at radius 3 is 2.18 bits per heavy atom. The Hall–Kier alpha value is -0.730. The zero-order valence-electron chi connectivity index (χ0n) is 8.41. The van der Waals surface area contributed by atoms with Crippen LogP contribution in [0.4, 0.5) is 22.0 Å². The number of ketones is 1. The molecule has 0 atom stereocenters. The van der Waals surface area contributed by atoms with Crippen LogP contribution in [0, 0.1) is 3.57 Å². The van der Waals surface area contributed by atoms with Crippen molar-refractivity contribution in [1.29, 1.82) is 0 Å². The van der Waals surface area contributed by atoms with Gasteiger partial charge in [-0.2, -0.15) is 13.2 Å². The van der Waals surface area contributed by atoms with Crippen molar-refractivity contribution >= 4 is 28.4 Å². The average Bonchev–Trinajstić information content (AvgIpc) is 2.14. The third-order valence-electron chi connectivity index (χ3n) is 2.06. The normalized spacial score (nSPS) is 12.0. The van der Waals surface area contributed by atoms with Crippen LogP contribution in [0.2, 0.25) is 0 Å². The minimum absolute atomic E-state index is 0.230. The molecule has 0 spiro atoms. The van der Waals surface area contributed by atoms with E-state index in [4.69, 9.17) is 0 Å². The Labute approximate surface area is 107 Å². The van der Waals surface area contributed by atoms with Gasteiger partial charge in [0.15, 0.2) is 5.78 Å². The van der Waals surface area contributed by atoms with Crippen molar-refractivity contribution in [2.75, 3.05) is 0 Å². The molecule has 1 nitrogen and oxygen atoms in total. The van der Waals surface area contributed by atoms with Crippen molar-refractivity contribution in [1.82, 2.24) is 0 Å². The van der Waals surface area contributed by atoms with Crippen LogP contribution < -0.4 is 0 Å². The van der Waals surface area contributed by atoms with E-state index in [1.807, 2.05) is 0 Å². The van der Waals surface area contributed by atoms with Gasteiger partial charge in [0.25, 0.3) is 6.43 Å². The number of hydrogen-bond acceptors (Lipinski definition) is 1. The zero-order valence-corrected chi connectivity index (χ0v) is 10.6. The standard InChI is InChI=1S/C10H6F5IO/c1-4(17)5-2-6(10(13,14)15)8(9(11)12)7(16)3-5/h2-3,9H,1H3. The first-order valence-corrected chi connectivity index (χ1v) is 5.42. The van der Waals surface area contributed by atoms with Gasteiger partial charge in [0.05, 0.1) is 5.56 Å². The van der Waals surface area contributed by atoms with Gasteiger partial charge in [-0.1, -0.05) is 0 Å². The second-order valence-corrected chi connectivity index (χ2v) is 4.44. The molecule has 0 amide bonds. The molecular weight excluding hydrogens is 358 g/mol. The van der Waals surface area contributed by atoms with Gasteiger partial charge >= 0.3 is 6.18 Å². The number of carbonyl (C=O) groups excluding carboxylic acids is 1. The molecule has 0 radical (unpaired) electrons. The van der Waals surface area contributed by atoms with E-state index in [-0.39, 0.29) is 9.13 Å². The highest BCUT2D eigenvalue weighted by Crippen LogP contribution is 2.39. The largest absolute Gasteiger partial charge is 0.416 e. The number of Topliss-reactive ketones (excluding diaryl/α,β-unsaturated/α-hetero) is 1. The predicted molar refractivity (Wildman–Crippen MR) is 59.1 cm³/mol. The van der Waals surface area contributed by atoms with Crippen molar-refractivity contribution in [3.05, 3.63) is 32.4 Å². The fraction of sp³-hybridized carbons (Fsp3) is 0.300. The van der Waals surface area contributed by atoms with Crippen molar-refractivity contribution in [2.45, 2.75) is 19.5 Å². The molecule has 0 aliphatic rings. The lowest BCUT2D eigenvalue weighted by atomic mass is 10.0. The molecule has 0 fully saturated rings. The van der Waals surface area contributed by atoms with Crippen molar-refractivity contribution in [3.8, 4) is 0 Å². The molecule has 94 valence electrons. The molecule has 17 heavy (non-hydrogen) atoms. The fourth-order valence-corrected chi connectivity index (χ4v) is 2.14. The molecule has 0 saturated carbocycles. The second kappa shape index (κ2) is 4.87. The minimum atomic E-state index is -4.91. The average molecular weight is 364 g/mol. The van der Waals surface area contributed by atoms with Gasteiger partial charge in [0, 0.05) is 14.7 Å². The van der Waals surface area contributed by atoms with Crippen LogP contribution in [0.3, 0.4) is 0 Å². The van der Waals surface area contributed by atoms with Crippen LogP contribution >= 0.6 is 22.6 Å². The summed E-state index contributed by atoms with van der Waals surface area (Å²) in [5.74, 6) is -0.603. The molecule has 0 aliphatic carbocycles. The van der Waals surface area contributed by atoms with E-state index in [0.29, 0.717) is 6.07 Å².